The first-order valence-corrected chi connectivity index (χ1v) is 7.53. The maximum atomic E-state index is 12.3. The summed E-state index contributed by atoms with van der Waals surface area (Å²) in [5.41, 5.74) is -0.537. The van der Waals surface area contributed by atoms with E-state index in [0.29, 0.717) is 19.5 Å². The molecule has 1 aliphatic heterocycles. The van der Waals surface area contributed by atoms with E-state index in [2.05, 4.69) is 0 Å². The molecule has 0 saturated carbocycles. The van der Waals surface area contributed by atoms with Gasteiger partial charge in [0, 0.05) is 31.2 Å². The van der Waals surface area contributed by atoms with Crippen LogP contribution in [0.3, 0.4) is 0 Å². The molecule has 0 aliphatic carbocycles. The Bertz CT molecular complexity index is 385. The number of hydrogen-bond donors (Lipinski definition) is 0. The van der Waals surface area contributed by atoms with Gasteiger partial charge >= 0.3 is 25.0 Å². The number of carbonyl (C=O) groups is 2. The van der Waals surface area contributed by atoms with Gasteiger partial charge in [0.05, 0.1) is 5.97 Å². The van der Waals surface area contributed by atoms with E-state index >= 15 is 0 Å². The van der Waals surface area contributed by atoms with E-state index in [1.165, 1.54) is 0 Å². The summed E-state index contributed by atoms with van der Waals surface area (Å²) in [4.78, 5) is 27.0. The molecule has 0 radical (unpaired) electrons. The molecule has 1 amide bonds. The van der Waals surface area contributed by atoms with E-state index in [4.69, 9.17) is 4.74 Å². The summed E-state index contributed by atoms with van der Waals surface area (Å²) in [5, 5.41) is 11.2. The second-order valence-electron chi connectivity index (χ2n) is 6.78. The number of hydrogen-bond acceptors (Lipinski definition) is 5. The fourth-order valence-corrected chi connectivity index (χ4v) is 2.87. The predicted octanol–water partition coefficient (Wildman–Crippen LogP) is -2.15. The number of amides is 1. The zero-order chi connectivity index (χ0) is 16.4. The van der Waals surface area contributed by atoms with E-state index in [-0.39, 0.29) is 37.0 Å². The smallest absolute Gasteiger partial charge is 0.548 e. The summed E-state index contributed by atoms with van der Waals surface area (Å²) in [6.07, 6.45) is 0.150. The van der Waals surface area contributed by atoms with Crippen LogP contribution in [0.5, 0.6) is 0 Å². The molecule has 0 N–H and O–H groups in total. The van der Waals surface area contributed by atoms with Gasteiger partial charge in [-0.05, 0) is 41.0 Å². The summed E-state index contributed by atoms with van der Waals surface area (Å²) in [5.74, 6) is -1.05. The first kappa shape index (κ1) is 21.3. The van der Waals surface area contributed by atoms with Crippen molar-refractivity contribution in [3.8, 4) is 0 Å². The van der Waals surface area contributed by atoms with E-state index in [0.717, 1.165) is 0 Å². The molecule has 1 fully saturated rings. The number of nitrogens with zero attached hydrogens (tertiary/aromatic N) is 2. The maximum absolute atomic E-state index is 12.3. The number of ether oxygens (including phenoxy) is 1. The number of carboxylic acid groups (broad SMARTS) is 1. The van der Waals surface area contributed by atoms with Crippen LogP contribution < -0.4 is 24.0 Å². The van der Waals surface area contributed by atoms with Crippen LogP contribution in [0.25, 0.3) is 0 Å². The van der Waals surface area contributed by atoms with Gasteiger partial charge in [0.1, 0.15) is 5.60 Å². The quantitative estimate of drug-likeness (QED) is 0.556. The first-order valence-electron chi connectivity index (χ1n) is 7.53. The van der Waals surface area contributed by atoms with E-state index in [1.54, 1.807) is 4.90 Å². The second kappa shape index (κ2) is 8.23. The summed E-state index contributed by atoms with van der Waals surface area (Å²) < 4.78 is 5.43. The van der Waals surface area contributed by atoms with Crippen LogP contribution in [0.1, 0.15) is 48.0 Å². The third kappa shape index (κ3) is 5.49. The Labute approximate surface area is 145 Å². The molecule has 1 unspecified atom stereocenters. The van der Waals surface area contributed by atoms with Crippen LogP contribution in [0.15, 0.2) is 0 Å². The Morgan fingerprint density at radius 2 is 1.68 bits per heavy atom. The second-order valence-corrected chi connectivity index (χ2v) is 6.78. The van der Waals surface area contributed by atoms with Gasteiger partial charge in [-0.1, -0.05) is 6.92 Å². The molecule has 22 heavy (non-hydrogen) atoms. The average molecular weight is 306 g/mol. The molecule has 0 aromatic carbocycles. The molecule has 1 rings (SSSR count). The van der Waals surface area contributed by atoms with Crippen molar-refractivity contribution in [1.82, 2.24) is 9.80 Å². The van der Waals surface area contributed by atoms with Gasteiger partial charge in [-0.25, -0.2) is 4.79 Å². The van der Waals surface area contributed by atoms with Gasteiger partial charge in [-0.15, -0.1) is 0 Å². The fraction of sp³-hybridized carbons (Fsp3) is 0.867. The molecule has 7 heteroatoms. The zero-order valence-electron chi connectivity index (χ0n) is 14.9. The van der Waals surface area contributed by atoms with Crippen molar-refractivity contribution in [2.45, 2.75) is 71.7 Å². The Morgan fingerprint density at radius 3 is 2.00 bits per heavy atom. The summed E-state index contributed by atoms with van der Waals surface area (Å²) >= 11 is 0. The normalized spacial score (nSPS) is 24.4. The van der Waals surface area contributed by atoms with Crippen molar-refractivity contribution < 1.29 is 38.3 Å². The van der Waals surface area contributed by atoms with Gasteiger partial charge in [-0.2, -0.15) is 0 Å². The summed E-state index contributed by atoms with van der Waals surface area (Å²) in [7, 11) is 0. The minimum atomic E-state index is -1.05. The van der Waals surface area contributed by atoms with Gasteiger partial charge in [0.25, 0.3) is 0 Å². The monoisotopic (exact) mass is 306 g/mol. The Kier molecular flexibility index (Phi) is 7.97. The molecule has 1 heterocycles. The van der Waals surface area contributed by atoms with Gasteiger partial charge < -0.3 is 19.5 Å². The molecule has 0 spiro atoms. The number of carboxylic acids is 1. The molecule has 122 valence electrons. The molecule has 1 saturated heterocycles. The zero-order valence-corrected chi connectivity index (χ0v) is 14.9. The molecule has 0 aromatic heterocycles. The van der Waals surface area contributed by atoms with Crippen LogP contribution in [0.2, 0.25) is 0 Å². The first-order chi connectivity index (χ1) is 9.56. The van der Waals surface area contributed by atoms with Crippen molar-refractivity contribution in [2.24, 2.45) is 0 Å². The summed E-state index contributed by atoms with van der Waals surface area (Å²) in [6.45, 7) is 12.2. The van der Waals surface area contributed by atoms with Crippen LogP contribution in [0.4, 0.5) is 4.79 Å². The van der Waals surface area contributed by atoms with Crippen molar-refractivity contribution >= 4 is 12.1 Å². The number of aliphatic carboxylic acids is 1. The molecule has 3 atom stereocenters. The summed E-state index contributed by atoms with van der Waals surface area (Å²) in [6, 6.07) is -0.801. The molecular weight excluding hydrogens is 279 g/mol. The Morgan fingerprint density at radius 1 is 1.23 bits per heavy atom. The number of rotatable bonds is 3. The van der Waals surface area contributed by atoms with Crippen molar-refractivity contribution in [3.63, 3.8) is 0 Å². The van der Waals surface area contributed by atoms with Gasteiger partial charge in [0.2, 0.25) is 0 Å². The van der Waals surface area contributed by atoms with Crippen LogP contribution in [-0.4, -0.2) is 58.7 Å². The molecule has 0 bridgehead atoms. The number of piperazine rings is 1. The Hall–Kier alpha value is -0.703. The molecular formula is C15H27LiN2O4. The van der Waals surface area contributed by atoms with E-state index in [9.17, 15) is 14.7 Å². The van der Waals surface area contributed by atoms with Gasteiger partial charge in [0.15, 0.2) is 0 Å². The molecule has 1 aliphatic rings. The van der Waals surface area contributed by atoms with Crippen molar-refractivity contribution in [3.05, 3.63) is 0 Å². The largest absolute Gasteiger partial charge is 1.00 e. The predicted molar refractivity (Wildman–Crippen MR) is 77.7 cm³/mol. The maximum Gasteiger partial charge on any atom is 1.00 e. The van der Waals surface area contributed by atoms with Crippen LogP contribution in [-0.2, 0) is 9.53 Å². The van der Waals surface area contributed by atoms with Crippen LogP contribution in [0, 0.1) is 0 Å². The third-order valence-corrected chi connectivity index (χ3v) is 3.65. The van der Waals surface area contributed by atoms with Gasteiger partial charge in [-0.3, -0.25) is 4.90 Å². The van der Waals surface area contributed by atoms with E-state index < -0.39 is 17.6 Å². The minimum absolute atomic E-state index is 0. The standard InChI is InChI=1S/C15H28N2O4.Li/c1-7-12(13(18)19)16-8-10(2)17(11(3)9-16)14(20)21-15(4,5)6;/h10-12H,7-9H2,1-6H3,(H,18,19);/q;+1/p-1/t10-,11-,12?;/m1./s1. The topological polar surface area (TPSA) is 72.9 Å². The molecule has 0 aromatic rings. The van der Waals surface area contributed by atoms with Crippen molar-refractivity contribution in [1.29, 1.82) is 0 Å². The third-order valence-electron chi connectivity index (χ3n) is 3.65. The number of carbonyl (C=O) groups excluding carboxylic acids is 2. The minimum Gasteiger partial charge on any atom is -0.548 e. The Balaban J connectivity index is 0.00000441. The van der Waals surface area contributed by atoms with Crippen molar-refractivity contribution in [2.75, 3.05) is 13.1 Å². The van der Waals surface area contributed by atoms with Crippen LogP contribution >= 0.6 is 0 Å². The fourth-order valence-electron chi connectivity index (χ4n) is 2.87. The molecule has 6 nitrogen and oxygen atoms in total. The average Bonchev–Trinajstić information content (AvgIpc) is 2.25. The SMILES string of the molecule is CCC(C(=O)[O-])N1C[C@@H](C)N(C(=O)OC(C)(C)C)[C@H](C)C1.[Li+]. The van der Waals surface area contributed by atoms with E-state index in [1.807, 2.05) is 46.4 Å².